The van der Waals surface area contributed by atoms with Crippen molar-refractivity contribution in [1.82, 2.24) is 29.9 Å². The molecule has 11 rings (SSSR count). The lowest BCUT2D eigenvalue weighted by atomic mass is 9.97. The van der Waals surface area contributed by atoms with Gasteiger partial charge in [0, 0.05) is 53.0 Å². The van der Waals surface area contributed by atoms with Crippen molar-refractivity contribution in [2.24, 2.45) is 0 Å². The van der Waals surface area contributed by atoms with Crippen LogP contribution in [0.3, 0.4) is 0 Å². The van der Waals surface area contributed by atoms with Gasteiger partial charge in [-0.15, -0.1) is 0 Å². The quantitative estimate of drug-likeness (QED) is 0.150. The van der Waals surface area contributed by atoms with Crippen molar-refractivity contribution >= 4 is 23.5 Å². The Hall–Kier alpha value is -7.52. The first kappa shape index (κ1) is 37.5. The van der Waals surface area contributed by atoms with Gasteiger partial charge in [-0.1, -0.05) is 199 Å². The largest absolute Gasteiger partial charge is 0.208 e. The highest BCUT2D eigenvalue weighted by molar-refractivity contribution is 8.05. The number of fused-ring (bicyclic) bond motifs is 2. The summed E-state index contributed by atoms with van der Waals surface area (Å²) in [6.45, 7) is 0. The molecule has 10 aromatic rings. The molecule has 8 heteroatoms. The smallest absolute Gasteiger partial charge is 0.165 e. The van der Waals surface area contributed by atoms with Crippen LogP contribution in [0.2, 0.25) is 0 Å². The third-order valence-electron chi connectivity index (χ3n) is 10.7. The molecule has 62 heavy (non-hydrogen) atoms. The van der Waals surface area contributed by atoms with Crippen LogP contribution >= 0.6 is 23.5 Å². The molecule has 3 heterocycles. The lowest BCUT2D eigenvalue weighted by Gasteiger charge is -2.20. The van der Waals surface area contributed by atoms with Gasteiger partial charge in [0.05, 0.1) is 0 Å². The van der Waals surface area contributed by atoms with Gasteiger partial charge < -0.3 is 0 Å². The van der Waals surface area contributed by atoms with Gasteiger partial charge in [-0.3, -0.25) is 0 Å². The molecule has 0 saturated heterocycles. The second kappa shape index (κ2) is 16.5. The van der Waals surface area contributed by atoms with Crippen LogP contribution in [0, 0.1) is 0 Å². The monoisotopic (exact) mass is 830 g/mol. The highest BCUT2D eigenvalue weighted by atomic mass is 32.2. The van der Waals surface area contributed by atoms with Crippen LogP contribution in [-0.2, 0) is 0 Å². The summed E-state index contributed by atoms with van der Waals surface area (Å²) < 4.78 is 0. The zero-order valence-electron chi connectivity index (χ0n) is 33.1. The number of hydrogen-bond acceptors (Lipinski definition) is 8. The Balaban J connectivity index is 0.895. The van der Waals surface area contributed by atoms with Crippen molar-refractivity contribution in [3.63, 3.8) is 0 Å². The van der Waals surface area contributed by atoms with E-state index < -0.39 is 0 Å². The molecule has 0 unspecified atom stereocenters. The summed E-state index contributed by atoms with van der Waals surface area (Å²) in [6.07, 6.45) is 0. The van der Waals surface area contributed by atoms with Crippen LogP contribution < -0.4 is 0 Å². The molecule has 292 valence electrons. The Morgan fingerprint density at radius 1 is 0.226 bits per heavy atom. The zero-order valence-corrected chi connectivity index (χ0v) is 34.8. The van der Waals surface area contributed by atoms with E-state index in [4.69, 9.17) is 29.9 Å². The van der Waals surface area contributed by atoms with E-state index in [1.807, 2.05) is 91.0 Å². The fourth-order valence-corrected chi connectivity index (χ4v) is 9.88. The molecule has 1 aliphatic heterocycles. The second-order valence-electron chi connectivity index (χ2n) is 14.7. The van der Waals surface area contributed by atoms with Crippen LogP contribution in [0.5, 0.6) is 0 Å². The molecule has 0 radical (unpaired) electrons. The van der Waals surface area contributed by atoms with Gasteiger partial charge in [0.15, 0.2) is 34.9 Å². The highest BCUT2D eigenvalue weighted by Crippen LogP contribution is 2.51. The Kier molecular flexibility index (Phi) is 9.97. The van der Waals surface area contributed by atoms with Crippen molar-refractivity contribution in [3.05, 3.63) is 206 Å². The van der Waals surface area contributed by atoms with E-state index in [0.29, 0.717) is 34.9 Å². The SMILES string of the molecule is c1ccc(-c2nc(-c3ccccc3)nc(-c3ccc(-c4cccc(-c5ccc(-c6nc(-c7ccccc7)nc(-c7cccc8c7Sc7ccccc7S8)n6)cc5)c4)cc3)n2)cc1. The molecule has 0 atom stereocenters. The molecule has 0 N–H and O–H groups in total. The summed E-state index contributed by atoms with van der Waals surface area (Å²) in [7, 11) is 0. The summed E-state index contributed by atoms with van der Waals surface area (Å²) in [4.78, 5) is 34.8. The Labute approximate surface area is 368 Å². The molecule has 0 amide bonds. The van der Waals surface area contributed by atoms with E-state index in [-0.39, 0.29) is 0 Å². The molecule has 0 spiro atoms. The number of rotatable bonds is 8. The summed E-state index contributed by atoms with van der Waals surface area (Å²) in [5, 5.41) is 0. The van der Waals surface area contributed by atoms with Gasteiger partial charge in [0.2, 0.25) is 0 Å². The van der Waals surface area contributed by atoms with Gasteiger partial charge in [-0.05, 0) is 52.6 Å². The molecule has 8 aromatic carbocycles. The lowest BCUT2D eigenvalue weighted by Crippen LogP contribution is -2.02. The van der Waals surface area contributed by atoms with Gasteiger partial charge >= 0.3 is 0 Å². The van der Waals surface area contributed by atoms with Gasteiger partial charge in [0.1, 0.15) is 0 Å². The minimum absolute atomic E-state index is 0.630. The van der Waals surface area contributed by atoms with E-state index in [2.05, 4.69) is 115 Å². The Morgan fingerprint density at radius 2 is 0.548 bits per heavy atom. The topological polar surface area (TPSA) is 77.3 Å². The number of nitrogens with zero attached hydrogens (tertiary/aromatic N) is 6. The Bertz CT molecular complexity index is 3160. The maximum atomic E-state index is 5.13. The van der Waals surface area contributed by atoms with Gasteiger partial charge in [-0.2, -0.15) is 0 Å². The zero-order chi connectivity index (χ0) is 41.2. The molecule has 2 aromatic heterocycles. The fraction of sp³-hybridized carbons (Fsp3) is 0. The summed E-state index contributed by atoms with van der Waals surface area (Å²) >= 11 is 3.57. The minimum Gasteiger partial charge on any atom is -0.208 e. The van der Waals surface area contributed by atoms with Crippen molar-refractivity contribution in [2.45, 2.75) is 19.6 Å². The van der Waals surface area contributed by atoms with Crippen molar-refractivity contribution in [2.75, 3.05) is 0 Å². The number of aromatic nitrogens is 6. The molecular weight excluding hydrogens is 797 g/mol. The van der Waals surface area contributed by atoms with Crippen LogP contribution in [0.4, 0.5) is 0 Å². The van der Waals surface area contributed by atoms with Crippen molar-refractivity contribution in [3.8, 4) is 90.6 Å². The minimum atomic E-state index is 0.630. The van der Waals surface area contributed by atoms with E-state index in [0.717, 1.165) is 60.5 Å². The van der Waals surface area contributed by atoms with Crippen LogP contribution in [0.25, 0.3) is 90.6 Å². The van der Waals surface area contributed by atoms with Crippen molar-refractivity contribution in [1.29, 1.82) is 0 Å². The third-order valence-corrected chi connectivity index (χ3v) is 13.3. The maximum Gasteiger partial charge on any atom is 0.165 e. The average Bonchev–Trinajstić information content (AvgIpc) is 3.36. The van der Waals surface area contributed by atoms with E-state index >= 15 is 0 Å². The van der Waals surface area contributed by atoms with E-state index in [1.54, 1.807) is 23.5 Å². The van der Waals surface area contributed by atoms with E-state index in [1.165, 1.54) is 14.7 Å². The standard InChI is InChI=1S/C54H34N6S2/c1-4-14-37(15-5-1)49-55-50(38-16-6-2-7-17-38)57-52(56-49)40-30-26-35(27-31-40)42-20-12-21-43(34-42)36-28-32-41(33-29-36)53-58-51(39-18-8-3-9-19-39)59-54(60-53)44-22-13-25-47-48(44)62-46-24-11-10-23-45(46)61-47/h1-34H. The summed E-state index contributed by atoms with van der Waals surface area (Å²) in [5.74, 6) is 3.85. The first-order valence-electron chi connectivity index (χ1n) is 20.3. The van der Waals surface area contributed by atoms with Gasteiger partial charge in [0.25, 0.3) is 0 Å². The predicted molar refractivity (Wildman–Crippen MR) is 251 cm³/mol. The van der Waals surface area contributed by atoms with Crippen LogP contribution in [-0.4, -0.2) is 29.9 Å². The lowest BCUT2D eigenvalue weighted by molar-refractivity contribution is 1.05. The molecular formula is C54H34N6S2. The first-order chi connectivity index (χ1) is 30.7. The Morgan fingerprint density at radius 3 is 1.00 bits per heavy atom. The fourth-order valence-electron chi connectivity index (χ4n) is 7.51. The molecule has 0 aliphatic carbocycles. The predicted octanol–water partition coefficient (Wildman–Crippen LogP) is 14.0. The summed E-state index contributed by atoms with van der Waals surface area (Å²) in [5.41, 5.74) is 10.1. The molecule has 0 fully saturated rings. The van der Waals surface area contributed by atoms with Crippen molar-refractivity contribution < 1.29 is 0 Å². The average molecular weight is 831 g/mol. The first-order valence-corrected chi connectivity index (χ1v) is 21.9. The second-order valence-corrected chi connectivity index (χ2v) is 16.9. The maximum absolute atomic E-state index is 5.13. The molecule has 0 bridgehead atoms. The normalized spacial score (nSPS) is 11.7. The highest BCUT2D eigenvalue weighted by Gasteiger charge is 2.23. The number of hydrogen-bond donors (Lipinski definition) is 0. The molecule has 1 aliphatic rings. The molecule has 0 saturated carbocycles. The molecule has 6 nitrogen and oxygen atoms in total. The van der Waals surface area contributed by atoms with Crippen LogP contribution in [0.15, 0.2) is 226 Å². The third kappa shape index (κ3) is 7.58. The van der Waals surface area contributed by atoms with Gasteiger partial charge in [-0.25, -0.2) is 29.9 Å². The summed E-state index contributed by atoms with van der Waals surface area (Å²) in [6, 6.07) is 70.7. The van der Waals surface area contributed by atoms with E-state index in [9.17, 15) is 0 Å². The number of benzene rings is 8. The van der Waals surface area contributed by atoms with Crippen LogP contribution in [0.1, 0.15) is 0 Å².